The van der Waals surface area contributed by atoms with E-state index in [4.69, 9.17) is 11.1 Å². The molecule has 1 saturated carbocycles. The van der Waals surface area contributed by atoms with Crippen LogP contribution in [0.15, 0.2) is 59.8 Å². The van der Waals surface area contributed by atoms with Crippen LogP contribution in [-0.2, 0) is 11.2 Å². The van der Waals surface area contributed by atoms with Crippen LogP contribution in [0, 0.1) is 46.5 Å². The molecule has 5 rings (SSSR count). The maximum atomic E-state index is 15.1. The number of allylic oxidation sites excluding steroid dienone is 2. The molecule has 2 aromatic carbocycles. The van der Waals surface area contributed by atoms with Crippen molar-refractivity contribution in [2.75, 3.05) is 6.54 Å². The average molecular weight is 721 g/mol. The fraction of sp³-hybridized carbons (Fsp3) is 0.314. The number of aliphatic hydroxyl groups is 1. The van der Waals surface area contributed by atoms with Gasteiger partial charge in [-0.05, 0) is 80.1 Å². The van der Waals surface area contributed by atoms with E-state index in [0.29, 0.717) is 11.4 Å². The first-order valence-electron chi connectivity index (χ1n) is 15.4. The summed E-state index contributed by atoms with van der Waals surface area (Å²) in [5.74, 6) is -6.14. The quantitative estimate of drug-likeness (QED) is 0.120. The molecule has 0 aliphatic heterocycles. The van der Waals surface area contributed by atoms with E-state index in [2.05, 4.69) is 22.1 Å². The Labute approximate surface area is 285 Å². The van der Waals surface area contributed by atoms with Crippen LogP contribution < -0.4 is 16.4 Å². The number of fused-ring (bicyclic) bond motifs is 1. The van der Waals surface area contributed by atoms with Gasteiger partial charge in [-0.2, -0.15) is 22.0 Å². The number of nitrogens with one attached hydrogen (secondary N) is 2. The second-order valence-corrected chi connectivity index (χ2v) is 12.8. The van der Waals surface area contributed by atoms with Crippen LogP contribution in [0.4, 0.5) is 35.1 Å². The molecular weight excluding hydrogens is 690 g/mol. The topological polar surface area (TPSA) is 146 Å². The first kappa shape index (κ1) is 37.1. The van der Waals surface area contributed by atoms with E-state index in [9.17, 15) is 41.0 Å². The lowest BCUT2D eigenvalue weighted by atomic mass is 9.94. The minimum Gasteiger partial charge on any atom is -0.378 e. The number of quaternary nitrogens is 1. The summed E-state index contributed by atoms with van der Waals surface area (Å²) >= 11 is 0. The number of pyridine rings is 1. The lowest BCUT2D eigenvalue weighted by Crippen LogP contribution is -2.87. The number of carbonyl (C=O) groups excluding carboxylic acids is 2. The number of hydrogen-bond donors (Lipinski definition) is 5. The van der Waals surface area contributed by atoms with Gasteiger partial charge in [0.2, 0.25) is 0 Å². The summed E-state index contributed by atoms with van der Waals surface area (Å²) < 4.78 is 113. The Morgan fingerprint density at radius 2 is 1.76 bits per heavy atom. The van der Waals surface area contributed by atoms with E-state index in [1.54, 1.807) is 0 Å². The predicted molar refractivity (Wildman–Crippen MR) is 166 cm³/mol. The molecule has 2 aliphatic rings. The fourth-order valence-electron chi connectivity index (χ4n) is 5.99. The van der Waals surface area contributed by atoms with Crippen molar-refractivity contribution in [3.8, 4) is 23.0 Å². The number of primary amides is 1. The van der Waals surface area contributed by atoms with Crippen LogP contribution in [0.3, 0.4) is 0 Å². The molecule has 51 heavy (non-hydrogen) atoms. The third-order valence-electron chi connectivity index (χ3n) is 8.31. The third-order valence-corrected chi connectivity index (χ3v) is 8.31. The number of aromatic nitrogens is 1. The Hall–Kier alpha value is -5.14. The van der Waals surface area contributed by atoms with Crippen molar-refractivity contribution in [1.29, 1.82) is 5.41 Å². The van der Waals surface area contributed by atoms with E-state index >= 15 is 8.78 Å². The SMILES string of the molecule is CC(C)(O)C#Cc1ccc(-c2ccc(F)c(C(N)=O)c2)c(C(Cc2cc(F)cc(F)c2)NC(=O)C[NH2+]C2=C(C(=N)C(F)(F)F)C3CC3C2(F)F)n1. The van der Waals surface area contributed by atoms with Crippen LogP contribution in [0.1, 0.15) is 53.6 Å². The summed E-state index contributed by atoms with van der Waals surface area (Å²) in [7, 11) is 0. The molecule has 3 unspecified atom stereocenters. The molecule has 3 atom stereocenters. The molecule has 0 saturated heterocycles. The first-order chi connectivity index (χ1) is 23.7. The van der Waals surface area contributed by atoms with Crippen LogP contribution >= 0.6 is 0 Å². The smallest absolute Gasteiger partial charge is 0.378 e. The molecule has 1 fully saturated rings. The minimum absolute atomic E-state index is 0.00882. The summed E-state index contributed by atoms with van der Waals surface area (Å²) in [5.41, 5.74) is -0.279. The molecule has 16 heteroatoms. The normalized spacial score (nSPS) is 18.4. The van der Waals surface area contributed by atoms with Crippen molar-refractivity contribution >= 4 is 17.5 Å². The maximum Gasteiger partial charge on any atom is 0.433 e. The highest BCUT2D eigenvalue weighted by Crippen LogP contribution is 2.62. The molecule has 2 aliphatic carbocycles. The Balaban J connectivity index is 1.58. The zero-order chi connectivity index (χ0) is 37.6. The largest absolute Gasteiger partial charge is 0.433 e. The van der Waals surface area contributed by atoms with Gasteiger partial charge in [-0.15, -0.1) is 0 Å². The van der Waals surface area contributed by atoms with Crippen molar-refractivity contribution in [3.63, 3.8) is 0 Å². The van der Waals surface area contributed by atoms with Crippen LogP contribution in [0.25, 0.3) is 11.1 Å². The van der Waals surface area contributed by atoms with E-state index in [1.807, 2.05) is 0 Å². The summed E-state index contributed by atoms with van der Waals surface area (Å²) in [4.78, 5) is 29.9. The summed E-state index contributed by atoms with van der Waals surface area (Å²) in [6, 6.07) is 7.30. The highest BCUT2D eigenvalue weighted by molar-refractivity contribution is 6.04. The van der Waals surface area contributed by atoms with Crippen molar-refractivity contribution in [2.24, 2.45) is 17.6 Å². The van der Waals surface area contributed by atoms with Gasteiger partial charge in [-0.25, -0.2) is 18.2 Å². The molecule has 0 radical (unpaired) electrons. The van der Waals surface area contributed by atoms with E-state index in [1.165, 1.54) is 32.0 Å². The molecular formula is C35H30F8N5O3+. The maximum absolute atomic E-state index is 15.1. The summed E-state index contributed by atoms with van der Waals surface area (Å²) in [5, 5.41) is 20.8. The number of alkyl halides is 5. The van der Waals surface area contributed by atoms with Gasteiger partial charge in [-0.1, -0.05) is 12.0 Å². The fourth-order valence-corrected chi connectivity index (χ4v) is 5.99. The van der Waals surface area contributed by atoms with Gasteiger partial charge in [0.05, 0.1) is 17.3 Å². The van der Waals surface area contributed by atoms with Crippen LogP contribution in [-0.4, -0.2) is 51.9 Å². The standard InChI is InChI=1S/C35H29F8N5O3/c1-33(2,51)8-7-20-4-5-21(17-3-6-25(38)23(12-17)32(45)50)29(47-20)26(11-16-9-18(36)13-19(37)10-16)48-27(49)15-46-31-28(30(44)35(41,42)43)22-14-24(22)34(31,39)40/h3-6,9-10,12-13,22,24,26,44,46,51H,11,14-15H2,1-2H3,(H2,45,50)(H,48,49)/p+1. The number of rotatable bonds is 10. The highest BCUT2D eigenvalue weighted by atomic mass is 19.4. The van der Waals surface area contributed by atoms with Crippen molar-refractivity contribution < 1.29 is 55.1 Å². The zero-order valence-electron chi connectivity index (χ0n) is 26.9. The molecule has 1 aromatic heterocycles. The molecule has 2 amide bonds. The molecule has 268 valence electrons. The lowest BCUT2D eigenvalue weighted by Gasteiger charge is -2.22. The number of nitrogens with two attached hydrogens (primary N) is 2. The van der Waals surface area contributed by atoms with Gasteiger partial charge in [-0.3, -0.25) is 15.0 Å². The molecule has 0 spiro atoms. The number of amides is 2. The number of nitrogens with zero attached hydrogens (tertiary/aromatic N) is 1. The van der Waals surface area contributed by atoms with Crippen LogP contribution in [0.2, 0.25) is 0 Å². The van der Waals surface area contributed by atoms with Gasteiger partial charge in [0.25, 0.3) is 11.8 Å². The Bertz CT molecular complexity index is 2010. The number of hydrogen-bond acceptors (Lipinski definition) is 5. The Morgan fingerprint density at radius 1 is 1.10 bits per heavy atom. The van der Waals surface area contributed by atoms with Gasteiger partial charge in [0, 0.05) is 29.0 Å². The monoisotopic (exact) mass is 720 g/mol. The molecule has 3 aromatic rings. The van der Waals surface area contributed by atoms with E-state index in [0.717, 1.165) is 24.3 Å². The van der Waals surface area contributed by atoms with Gasteiger partial charge < -0.3 is 21.5 Å². The second kappa shape index (κ2) is 13.5. The number of carbonyl (C=O) groups is 2. The predicted octanol–water partition coefficient (Wildman–Crippen LogP) is 4.47. The van der Waals surface area contributed by atoms with E-state index < -0.39 is 93.9 Å². The average Bonchev–Trinajstić information content (AvgIpc) is 3.78. The lowest BCUT2D eigenvalue weighted by molar-refractivity contribution is -0.609. The van der Waals surface area contributed by atoms with Crippen molar-refractivity contribution in [2.45, 2.75) is 50.4 Å². The van der Waals surface area contributed by atoms with Gasteiger partial charge >= 0.3 is 12.1 Å². The first-order valence-corrected chi connectivity index (χ1v) is 15.4. The Kier molecular flexibility index (Phi) is 9.85. The minimum atomic E-state index is -5.20. The summed E-state index contributed by atoms with van der Waals surface area (Å²) in [6.45, 7) is 1.90. The third kappa shape index (κ3) is 8.26. The van der Waals surface area contributed by atoms with Crippen molar-refractivity contribution in [3.05, 3.63) is 99.8 Å². The van der Waals surface area contributed by atoms with Gasteiger partial charge in [0.15, 0.2) is 12.2 Å². The molecule has 1 heterocycles. The number of halogens is 8. The number of benzene rings is 2. The molecule has 7 N–H and O–H groups in total. The molecule has 8 nitrogen and oxygen atoms in total. The highest BCUT2D eigenvalue weighted by Gasteiger charge is 2.69. The van der Waals surface area contributed by atoms with Crippen LogP contribution in [0.5, 0.6) is 0 Å². The second-order valence-electron chi connectivity index (χ2n) is 12.8. The van der Waals surface area contributed by atoms with Crippen molar-refractivity contribution in [1.82, 2.24) is 10.3 Å². The van der Waals surface area contributed by atoms with E-state index in [-0.39, 0.29) is 40.9 Å². The zero-order valence-corrected chi connectivity index (χ0v) is 26.9. The molecule has 0 bridgehead atoms. The van der Waals surface area contributed by atoms with Gasteiger partial charge in [0.1, 0.15) is 34.5 Å². The summed E-state index contributed by atoms with van der Waals surface area (Å²) in [6.07, 6.45) is -5.83. The Morgan fingerprint density at radius 3 is 2.37 bits per heavy atom.